The summed E-state index contributed by atoms with van der Waals surface area (Å²) in [5.74, 6) is 0. The molecule has 154 valence electrons. The molecular formula is C21H42O3SSi. The van der Waals surface area contributed by atoms with Gasteiger partial charge < -0.3 is 0 Å². The van der Waals surface area contributed by atoms with E-state index >= 15 is 0 Å². The fraction of sp³-hybridized carbons (Fsp3) is 0.857. The first kappa shape index (κ1) is 25.9. The van der Waals surface area contributed by atoms with Crippen molar-refractivity contribution >= 4 is 25.2 Å². The van der Waals surface area contributed by atoms with E-state index in [4.69, 9.17) is 9.46 Å². The van der Waals surface area contributed by atoms with Crippen LogP contribution in [0.3, 0.4) is 0 Å². The summed E-state index contributed by atoms with van der Waals surface area (Å²) in [5.41, 5.74) is 0. The summed E-state index contributed by atoms with van der Waals surface area (Å²) >= 11 is 1.38. The Morgan fingerprint density at radius 1 is 1.08 bits per heavy atom. The van der Waals surface area contributed by atoms with E-state index in [2.05, 4.69) is 67.6 Å². The van der Waals surface area contributed by atoms with Crippen LogP contribution in [0.5, 0.6) is 0 Å². The van der Waals surface area contributed by atoms with E-state index in [1.807, 2.05) is 6.08 Å². The van der Waals surface area contributed by atoms with Gasteiger partial charge in [-0.2, -0.15) is 0 Å². The molecule has 0 radical (unpaired) electrons. The largest absolute Gasteiger partial charge is 0.287 e. The highest BCUT2D eigenvalue weighted by molar-refractivity contribution is 8.14. The molecule has 26 heavy (non-hydrogen) atoms. The van der Waals surface area contributed by atoms with Crippen LogP contribution in [0.1, 0.15) is 87.0 Å². The zero-order chi connectivity index (χ0) is 20.4. The van der Waals surface area contributed by atoms with Crippen molar-refractivity contribution in [1.29, 1.82) is 0 Å². The van der Waals surface area contributed by atoms with Gasteiger partial charge in [0.05, 0.1) is 0 Å². The number of carbonyl (C=O) groups excluding carboxylic acids is 1. The number of carbonyl (C=O) groups is 1. The Balaban J connectivity index is 4.77. The van der Waals surface area contributed by atoms with E-state index in [1.165, 1.54) is 37.4 Å². The van der Waals surface area contributed by atoms with Crippen LogP contribution in [0.15, 0.2) is 12.2 Å². The van der Waals surface area contributed by atoms with Gasteiger partial charge in [0.15, 0.2) is 5.12 Å². The van der Waals surface area contributed by atoms with Crippen molar-refractivity contribution < 1.29 is 14.3 Å². The molecule has 0 aromatic carbocycles. The summed E-state index contributed by atoms with van der Waals surface area (Å²) in [4.78, 5) is 18.2. The van der Waals surface area contributed by atoms with Crippen LogP contribution in [-0.4, -0.2) is 24.3 Å². The average molecular weight is 403 g/mol. The van der Waals surface area contributed by atoms with Crippen molar-refractivity contribution in [1.82, 2.24) is 0 Å². The van der Waals surface area contributed by atoms with E-state index in [9.17, 15) is 4.79 Å². The number of allylic oxidation sites excluding steroid dienone is 1. The minimum absolute atomic E-state index is 0.0750. The third-order valence-electron chi connectivity index (χ3n) is 4.55. The van der Waals surface area contributed by atoms with Crippen molar-refractivity contribution in [3.8, 4) is 0 Å². The molecular weight excluding hydrogens is 360 g/mol. The SMILES string of the molecule is CCCCCC/C=C/C(CC(=O)SC(C)(C)C)OO[Si](C)(C)C(C)(C)C. The lowest BCUT2D eigenvalue weighted by molar-refractivity contribution is -0.244. The Kier molecular flexibility index (Phi) is 11.6. The van der Waals surface area contributed by atoms with Crippen molar-refractivity contribution in [3.05, 3.63) is 12.2 Å². The van der Waals surface area contributed by atoms with Gasteiger partial charge in [0, 0.05) is 11.2 Å². The number of thioether (sulfide) groups is 1. The number of hydrogen-bond donors (Lipinski definition) is 0. The fourth-order valence-electron chi connectivity index (χ4n) is 1.93. The molecule has 0 heterocycles. The van der Waals surface area contributed by atoms with Gasteiger partial charge in [0.1, 0.15) is 6.10 Å². The summed E-state index contributed by atoms with van der Waals surface area (Å²) in [6, 6.07) is 0. The lowest BCUT2D eigenvalue weighted by Crippen LogP contribution is -2.41. The zero-order valence-corrected chi connectivity index (χ0v) is 20.4. The van der Waals surface area contributed by atoms with Gasteiger partial charge in [-0.3, -0.25) is 9.37 Å². The molecule has 0 aliphatic heterocycles. The van der Waals surface area contributed by atoms with Crippen LogP contribution in [0, 0.1) is 0 Å². The van der Waals surface area contributed by atoms with E-state index in [1.54, 1.807) is 0 Å². The van der Waals surface area contributed by atoms with Crippen LogP contribution in [0.2, 0.25) is 18.1 Å². The fourth-order valence-corrected chi connectivity index (χ4v) is 3.47. The normalized spacial score (nSPS) is 14.8. The van der Waals surface area contributed by atoms with Gasteiger partial charge in [0.25, 0.3) is 0 Å². The molecule has 0 spiro atoms. The molecule has 0 aliphatic carbocycles. The molecule has 0 bridgehead atoms. The third kappa shape index (κ3) is 12.3. The Bertz CT molecular complexity index is 434. The molecule has 0 aliphatic rings. The smallest absolute Gasteiger partial charge is 0.238 e. The summed E-state index contributed by atoms with van der Waals surface area (Å²) in [6.07, 6.45) is 10.2. The third-order valence-corrected chi connectivity index (χ3v) is 9.68. The monoisotopic (exact) mass is 402 g/mol. The highest BCUT2D eigenvalue weighted by atomic mass is 32.2. The van der Waals surface area contributed by atoms with E-state index in [-0.39, 0.29) is 21.0 Å². The summed E-state index contributed by atoms with van der Waals surface area (Å²) in [7, 11) is -2.00. The van der Waals surface area contributed by atoms with Gasteiger partial charge in [-0.1, -0.05) is 91.6 Å². The Hall–Kier alpha value is -0.103. The molecule has 0 saturated carbocycles. The Morgan fingerprint density at radius 3 is 2.19 bits per heavy atom. The van der Waals surface area contributed by atoms with Gasteiger partial charge in [0.2, 0.25) is 8.32 Å². The zero-order valence-electron chi connectivity index (χ0n) is 18.6. The molecule has 0 saturated heterocycles. The summed E-state index contributed by atoms with van der Waals surface area (Å²) in [5, 5.41) is 0.225. The van der Waals surface area contributed by atoms with Gasteiger partial charge in [-0.15, -0.1) is 0 Å². The number of hydrogen-bond acceptors (Lipinski definition) is 4. The predicted molar refractivity (Wildman–Crippen MR) is 118 cm³/mol. The molecule has 0 amide bonds. The standard InChI is InChI=1S/C21H42O3SSi/c1-10-11-12-13-14-15-16-18(17-19(22)25-20(2,3)4)23-24-26(8,9)21(5,6)7/h15-16,18H,10-14,17H2,1-9H3/b16-15+. The second-order valence-corrected chi connectivity index (χ2v) is 16.1. The maximum Gasteiger partial charge on any atom is 0.238 e. The molecule has 1 atom stereocenters. The summed E-state index contributed by atoms with van der Waals surface area (Å²) in [6.45, 7) is 19.2. The average Bonchev–Trinajstić information content (AvgIpc) is 2.45. The molecule has 5 heteroatoms. The second-order valence-electron chi connectivity index (χ2n) is 9.55. The van der Waals surface area contributed by atoms with Crippen LogP contribution >= 0.6 is 11.8 Å². The second kappa shape index (κ2) is 11.7. The van der Waals surface area contributed by atoms with Crippen LogP contribution < -0.4 is 0 Å². The van der Waals surface area contributed by atoms with E-state index in [0.29, 0.717) is 6.42 Å². The topological polar surface area (TPSA) is 35.5 Å². The highest BCUT2D eigenvalue weighted by Crippen LogP contribution is 2.37. The maximum absolute atomic E-state index is 12.4. The van der Waals surface area contributed by atoms with Crippen molar-refractivity contribution in [3.63, 3.8) is 0 Å². The van der Waals surface area contributed by atoms with Crippen LogP contribution in [0.4, 0.5) is 0 Å². The van der Waals surface area contributed by atoms with E-state index < -0.39 is 8.32 Å². The molecule has 3 nitrogen and oxygen atoms in total. The van der Waals surface area contributed by atoms with Crippen molar-refractivity contribution in [2.45, 2.75) is 116 Å². The predicted octanol–water partition coefficient (Wildman–Crippen LogP) is 7.28. The molecule has 0 N–H and O–H groups in total. The van der Waals surface area contributed by atoms with Gasteiger partial charge in [-0.25, -0.2) is 4.89 Å². The van der Waals surface area contributed by atoms with Gasteiger partial charge in [-0.05, 0) is 31.0 Å². The number of rotatable bonds is 11. The first-order valence-corrected chi connectivity index (χ1v) is 13.7. The van der Waals surface area contributed by atoms with Crippen LogP contribution in [-0.2, 0) is 14.3 Å². The molecule has 0 fully saturated rings. The lowest BCUT2D eigenvalue weighted by Gasteiger charge is -2.35. The van der Waals surface area contributed by atoms with Crippen LogP contribution in [0.25, 0.3) is 0 Å². The first-order valence-electron chi connectivity index (χ1n) is 10.0. The lowest BCUT2D eigenvalue weighted by atomic mass is 10.1. The Labute approximate surface area is 167 Å². The van der Waals surface area contributed by atoms with Crippen molar-refractivity contribution in [2.75, 3.05) is 0 Å². The molecule has 0 rings (SSSR count). The minimum Gasteiger partial charge on any atom is -0.287 e. The molecule has 1 unspecified atom stereocenters. The summed E-state index contributed by atoms with van der Waals surface area (Å²) < 4.78 is 5.83. The quantitative estimate of drug-likeness (QED) is 0.119. The first-order chi connectivity index (χ1) is 11.8. The maximum atomic E-state index is 12.4. The molecule has 0 aromatic heterocycles. The van der Waals surface area contributed by atoms with Crippen molar-refractivity contribution in [2.24, 2.45) is 0 Å². The van der Waals surface area contributed by atoms with Gasteiger partial charge >= 0.3 is 0 Å². The van der Waals surface area contributed by atoms with E-state index in [0.717, 1.165) is 6.42 Å². The Morgan fingerprint density at radius 2 is 1.69 bits per heavy atom. The molecule has 0 aromatic rings. The number of unbranched alkanes of at least 4 members (excludes halogenated alkanes) is 4. The minimum atomic E-state index is -2.00. The highest BCUT2D eigenvalue weighted by Gasteiger charge is 2.39.